The molecule has 27 heavy (non-hydrogen) atoms. The second kappa shape index (κ2) is 5.45. The molecule has 2 heterocycles. The lowest BCUT2D eigenvalue weighted by molar-refractivity contribution is 1.18. The van der Waals surface area contributed by atoms with Crippen molar-refractivity contribution in [1.82, 2.24) is 4.57 Å². The molecule has 0 atom stereocenters. The van der Waals surface area contributed by atoms with Crippen LogP contribution in [0, 0.1) is 6.92 Å². The smallest absolute Gasteiger partial charge is 0.0719 e. The van der Waals surface area contributed by atoms with E-state index in [9.17, 15) is 0 Å². The zero-order valence-corrected chi connectivity index (χ0v) is 15.8. The van der Waals surface area contributed by atoms with E-state index in [1.54, 1.807) is 0 Å². The van der Waals surface area contributed by atoms with Crippen molar-refractivity contribution in [2.75, 3.05) is 0 Å². The first-order chi connectivity index (χ1) is 13.3. The third-order valence-electron chi connectivity index (χ3n) is 5.47. The molecule has 0 bridgehead atoms. The minimum atomic E-state index is 1.22. The molecule has 4 aromatic carbocycles. The Hall–Kier alpha value is -3.10. The van der Waals surface area contributed by atoms with Crippen LogP contribution >= 0.6 is 11.3 Å². The van der Waals surface area contributed by atoms with Gasteiger partial charge in [0.25, 0.3) is 0 Å². The molecule has 0 aliphatic rings. The maximum Gasteiger partial charge on any atom is 0.0719 e. The lowest BCUT2D eigenvalue weighted by Gasteiger charge is -2.08. The molecule has 6 aromatic rings. The lowest BCUT2D eigenvalue weighted by Crippen LogP contribution is -1.93. The predicted molar refractivity (Wildman–Crippen MR) is 118 cm³/mol. The van der Waals surface area contributed by atoms with Gasteiger partial charge in [0.1, 0.15) is 0 Å². The van der Waals surface area contributed by atoms with Gasteiger partial charge < -0.3 is 4.57 Å². The number of para-hydroxylation sites is 1. The van der Waals surface area contributed by atoms with E-state index >= 15 is 0 Å². The van der Waals surface area contributed by atoms with Gasteiger partial charge in [0.15, 0.2) is 0 Å². The molecule has 0 unspecified atom stereocenters. The number of rotatable bonds is 1. The molecule has 0 N–H and O–H groups in total. The first-order valence-electron chi connectivity index (χ1n) is 9.22. The molecule has 0 fully saturated rings. The van der Waals surface area contributed by atoms with E-state index in [4.69, 9.17) is 0 Å². The van der Waals surface area contributed by atoms with Crippen molar-refractivity contribution < 1.29 is 0 Å². The fourth-order valence-corrected chi connectivity index (χ4v) is 5.43. The highest BCUT2D eigenvalue weighted by Crippen LogP contribution is 2.42. The van der Waals surface area contributed by atoms with Gasteiger partial charge in [-0.1, -0.05) is 66.2 Å². The van der Waals surface area contributed by atoms with Crippen LogP contribution in [0.2, 0.25) is 0 Å². The summed E-state index contributed by atoms with van der Waals surface area (Å²) in [5.41, 5.74) is 5.09. The summed E-state index contributed by atoms with van der Waals surface area (Å²) in [4.78, 5) is 0. The molecule has 0 saturated carbocycles. The van der Waals surface area contributed by atoms with Crippen molar-refractivity contribution in [3.05, 3.63) is 90.5 Å². The van der Waals surface area contributed by atoms with Crippen molar-refractivity contribution in [1.29, 1.82) is 0 Å². The summed E-state index contributed by atoms with van der Waals surface area (Å²) < 4.78 is 5.15. The normalized spacial score (nSPS) is 11.9. The lowest BCUT2D eigenvalue weighted by atomic mass is 10.1. The molecule has 2 aromatic heterocycles. The number of benzene rings is 4. The van der Waals surface area contributed by atoms with Crippen LogP contribution in [0.1, 0.15) is 5.56 Å². The van der Waals surface area contributed by atoms with E-state index < -0.39 is 0 Å². The fraction of sp³-hybridized carbons (Fsp3) is 0.0400. The summed E-state index contributed by atoms with van der Waals surface area (Å²) in [6.07, 6.45) is 0. The Balaban J connectivity index is 1.88. The Labute approximate surface area is 161 Å². The van der Waals surface area contributed by atoms with Crippen molar-refractivity contribution in [3.63, 3.8) is 0 Å². The monoisotopic (exact) mass is 363 g/mol. The highest BCUT2D eigenvalue weighted by molar-refractivity contribution is 7.26. The zero-order valence-electron chi connectivity index (χ0n) is 14.9. The van der Waals surface area contributed by atoms with Crippen LogP contribution < -0.4 is 0 Å². The molecule has 0 amide bonds. The molecular formula is C25H17NS. The van der Waals surface area contributed by atoms with Gasteiger partial charge in [-0.15, -0.1) is 11.3 Å². The van der Waals surface area contributed by atoms with Gasteiger partial charge in [-0.25, -0.2) is 0 Å². The summed E-state index contributed by atoms with van der Waals surface area (Å²) in [7, 11) is 0. The second-order valence-corrected chi connectivity index (χ2v) is 8.18. The Morgan fingerprint density at radius 1 is 0.630 bits per heavy atom. The molecule has 128 valence electrons. The van der Waals surface area contributed by atoms with Crippen LogP contribution in [0.4, 0.5) is 0 Å². The Morgan fingerprint density at radius 3 is 2.19 bits per heavy atom. The number of hydrogen-bond acceptors (Lipinski definition) is 1. The van der Waals surface area contributed by atoms with E-state index in [-0.39, 0.29) is 0 Å². The largest absolute Gasteiger partial charge is 0.308 e. The van der Waals surface area contributed by atoms with E-state index in [1.165, 1.54) is 53.2 Å². The SMILES string of the molecule is Cc1ccc(-n2c3ccccc3c3ccc4c5ccccc5sc4c32)cc1. The fourth-order valence-electron chi connectivity index (χ4n) is 4.19. The number of fused-ring (bicyclic) bond motifs is 7. The van der Waals surface area contributed by atoms with Crippen LogP contribution in [-0.4, -0.2) is 4.57 Å². The molecule has 6 rings (SSSR count). The van der Waals surface area contributed by atoms with Gasteiger partial charge in [-0.2, -0.15) is 0 Å². The standard InChI is InChI=1S/C25H17NS/c1-16-10-12-17(13-11-16)26-22-8-4-2-6-18(22)20-14-15-21-19-7-3-5-9-23(19)27-25(21)24(20)26/h2-15H,1H3. The van der Waals surface area contributed by atoms with E-state index in [0.717, 1.165) is 0 Å². The van der Waals surface area contributed by atoms with E-state index in [1.807, 2.05) is 11.3 Å². The highest BCUT2D eigenvalue weighted by Gasteiger charge is 2.17. The molecule has 0 radical (unpaired) electrons. The van der Waals surface area contributed by atoms with Gasteiger partial charge >= 0.3 is 0 Å². The van der Waals surface area contributed by atoms with Crippen molar-refractivity contribution in [3.8, 4) is 5.69 Å². The first kappa shape index (κ1) is 15.0. The van der Waals surface area contributed by atoms with Crippen LogP contribution in [0.3, 0.4) is 0 Å². The van der Waals surface area contributed by atoms with Crippen molar-refractivity contribution in [2.45, 2.75) is 6.92 Å². The molecule has 0 aliphatic heterocycles. The van der Waals surface area contributed by atoms with Gasteiger partial charge in [0.05, 0.1) is 15.7 Å². The molecule has 0 spiro atoms. The average Bonchev–Trinajstić information content (AvgIpc) is 3.24. The number of nitrogens with zero attached hydrogens (tertiary/aromatic N) is 1. The Kier molecular flexibility index (Phi) is 3.03. The first-order valence-corrected chi connectivity index (χ1v) is 10.0. The molecule has 2 heteroatoms. The molecular weight excluding hydrogens is 346 g/mol. The number of hydrogen-bond donors (Lipinski definition) is 0. The van der Waals surface area contributed by atoms with Crippen molar-refractivity contribution in [2.24, 2.45) is 0 Å². The predicted octanol–water partition coefficient (Wildman–Crippen LogP) is 7.46. The third kappa shape index (κ3) is 2.05. The van der Waals surface area contributed by atoms with Crippen LogP contribution in [0.15, 0.2) is 84.9 Å². The minimum absolute atomic E-state index is 1.22. The maximum atomic E-state index is 2.43. The molecule has 0 aliphatic carbocycles. The van der Waals surface area contributed by atoms with E-state index in [2.05, 4.69) is 96.4 Å². The van der Waals surface area contributed by atoms with Gasteiger partial charge in [-0.3, -0.25) is 0 Å². The van der Waals surface area contributed by atoms with Crippen molar-refractivity contribution >= 4 is 53.3 Å². The molecule has 0 saturated heterocycles. The number of aryl methyl sites for hydroxylation is 1. The number of aromatic nitrogens is 1. The Morgan fingerprint density at radius 2 is 1.33 bits per heavy atom. The van der Waals surface area contributed by atoms with Crippen LogP contribution in [0.25, 0.3) is 47.7 Å². The third-order valence-corrected chi connectivity index (χ3v) is 6.66. The van der Waals surface area contributed by atoms with Gasteiger partial charge in [0, 0.05) is 31.9 Å². The quantitative estimate of drug-likeness (QED) is 0.286. The highest BCUT2D eigenvalue weighted by atomic mass is 32.1. The zero-order chi connectivity index (χ0) is 18.0. The van der Waals surface area contributed by atoms with Gasteiger partial charge in [0.2, 0.25) is 0 Å². The second-order valence-electron chi connectivity index (χ2n) is 7.12. The average molecular weight is 363 g/mol. The summed E-state index contributed by atoms with van der Waals surface area (Å²) in [5, 5.41) is 5.33. The van der Waals surface area contributed by atoms with Crippen LogP contribution in [-0.2, 0) is 0 Å². The summed E-state index contributed by atoms with van der Waals surface area (Å²) >= 11 is 1.90. The van der Waals surface area contributed by atoms with Crippen LogP contribution in [0.5, 0.6) is 0 Å². The van der Waals surface area contributed by atoms with E-state index in [0.29, 0.717) is 0 Å². The molecule has 1 nitrogen and oxygen atoms in total. The Bertz CT molecular complexity index is 1470. The topological polar surface area (TPSA) is 4.93 Å². The summed E-state index contributed by atoms with van der Waals surface area (Å²) in [5.74, 6) is 0. The minimum Gasteiger partial charge on any atom is -0.308 e. The maximum absolute atomic E-state index is 2.43. The number of thiophene rings is 1. The van der Waals surface area contributed by atoms with Gasteiger partial charge in [-0.05, 0) is 31.2 Å². The summed E-state index contributed by atoms with van der Waals surface area (Å²) in [6, 6.07) is 30.9. The summed E-state index contributed by atoms with van der Waals surface area (Å²) in [6.45, 7) is 2.14.